The van der Waals surface area contributed by atoms with E-state index in [4.69, 9.17) is 11.6 Å². The van der Waals surface area contributed by atoms with Gasteiger partial charge in [-0.05, 0) is 0 Å². The monoisotopic (exact) mass is 217 g/mol. The minimum absolute atomic E-state index is 0.0110. The number of benzene rings is 1. The highest BCUT2D eigenvalue weighted by Crippen LogP contribution is 2.06. The maximum atomic E-state index is 10.7. The second-order valence-corrected chi connectivity index (χ2v) is 4.49. The first-order valence-electron chi connectivity index (χ1n) is 3.50. The summed E-state index contributed by atoms with van der Waals surface area (Å²) < 4.78 is 24.8. The number of halogens is 1. The Morgan fingerprint density at radius 2 is 1.85 bits per heavy atom. The van der Waals surface area contributed by atoms with Gasteiger partial charge in [-0.2, -0.15) is 4.40 Å². The second kappa shape index (κ2) is 3.89. The molecule has 0 fully saturated rings. The van der Waals surface area contributed by atoms with Gasteiger partial charge in [0.15, 0.2) is 0 Å². The third-order valence-corrected chi connectivity index (χ3v) is 2.18. The predicted octanol–water partition coefficient (Wildman–Crippen LogP) is 1.63. The van der Waals surface area contributed by atoms with Crippen LogP contribution in [0.15, 0.2) is 34.7 Å². The summed E-state index contributed by atoms with van der Waals surface area (Å²) in [5.74, 6) is 0. The lowest BCUT2D eigenvalue weighted by Gasteiger charge is -1.95. The zero-order valence-electron chi connectivity index (χ0n) is 6.94. The van der Waals surface area contributed by atoms with Crippen molar-refractivity contribution in [2.75, 3.05) is 6.26 Å². The minimum Gasteiger partial charge on any atom is -0.205 e. The molecule has 1 aromatic carbocycles. The first-order valence-corrected chi connectivity index (χ1v) is 5.72. The van der Waals surface area contributed by atoms with Crippen LogP contribution < -0.4 is 0 Å². The van der Waals surface area contributed by atoms with Crippen molar-refractivity contribution in [1.82, 2.24) is 0 Å². The summed E-state index contributed by atoms with van der Waals surface area (Å²) >= 11 is 5.66. The Balaban J connectivity index is 3.06. The molecule has 0 spiro atoms. The van der Waals surface area contributed by atoms with Crippen LogP contribution in [0.5, 0.6) is 0 Å². The molecule has 0 aliphatic heterocycles. The number of hydrogen-bond donors (Lipinski definition) is 0. The fourth-order valence-electron chi connectivity index (χ4n) is 0.774. The maximum Gasteiger partial charge on any atom is 0.251 e. The van der Waals surface area contributed by atoms with E-state index in [2.05, 4.69) is 4.40 Å². The minimum atomic E-state index is -3.42. The Labute approximate surface area is 82.1 Å². The van der Waals surface area contributed by atoms with Gasteiger partial charge >= 0.3 is 0 Å². The Bertz CT molecular complexity index is 411. The van der Waals surface area contributed by atoms with Gasteiger partial charge in [-0.15, -0.1) is 0 Å². The third kappa shape index (κ3) is 3.57. The Morgan fingerprint density at radius 1 is 1.31 bits per heavy atom. The molecule has 70 valence electrons. The van der Waals surface area contributed by atoms with Gasteiger partial charge in [-0.3, -0.25) is 0 Å². The average Bonchev–Trinajstić information content (AvgIpc) is 2.03. The molecule has 0 radical (unpaired) electrons. The summed E-state index contributed by atoms with van der Waals surface area (Å²) in [7, 11) is -3.42. The topological polar surface area (TPSA) is 46.5 Å². The van der Waals surface area contributed by atoms with Crippen LogP contribution >= 0.6 is 11.6 Å². The van der Waals surface area contributed by atoms with Crippen LogP contribution in [-0.4, -0.2) is 19.8 Å². The molecule has 0 unspecified atom stereocenters. The van der Waals surface area contributed by atoms with E-state index in [1.54, 1.807) is 24.3 Å². The molecule has 0 aromatic heterocycles. The molecule has 5 heteroatoms. The molecule has 0 aliphatic rings. The molecular formula is C8H8ClNO2S. The molecule has 0 atom stereocenters. The molecule has 3 nitrogen and oxygen atoms in total. The van der Waals surface area contributed by atoms with Gasteiger partial charge in [0.05, 0.1) is 6.26 Å². The first kappa shape index (κ1) is 10.2. The zero-order chi connectivity index (χ0) is 9.90. The lowest BCUT2D eigenvalue weighted by molar-refractivity contribution is 0.604. The van der Waals surface area contributed by atoms with E-state index in [1.807, 2.05) is 6.07 Å². The van der Waals surface area contributed by atoms with Crippen LogP contribution in [0.25, 0.3) is 0 Å². The number of nitrogens with zero attached hydrogens (tertiary/aromatic N) is 1. The molecule has 1 aromatic rings. The van der Waals surface area contributed by atoms with Crippen molar-refractivity contribution in [3.63, 3.8) is 0 Å². The van der Waals surface area contributed by atoms with E-state index in [-0.39, 0.29) is 5.17 Å². The highest BCUT2D eigenvalue weighted by Gasteiger charge is 2.03. The highest BCUT2D eigenvalue weighted by atomic mass is 35.5. The Morgan fingerprint density at radius 3 is 2.31 bits per heavy atom. The molecule has 0 saturated carbocycles. The van der Waals surface area contributed by atoms with E-state index < -0.39 is 10.0 Å². The summed E-state index contributed by atoms with van der Waals surface area (Å²) in [6.07, 6.45) is 0.998. The zero-order valence-corrected chi connectivity index (χ0v) is 8.51. The normalized spacial score (nSPS) is 12.9. The Kier molecular flexibility index (Phi) is 3.06. The van der Waals surface area contributed by atoms with E-state index >= 15 is 0 Å². The Hall–Kier alpha value is -0.870. The van der Waals surface area contributed by atoms with Crippen LogP contribution in [0, 0.1) is 0 Å². The predicted molar refractivity (Wildman–Crippen MR) is 53.7 cm³/mol. The molecule has 0 bridgehead atoms. The summed E-state index contributed by atoms with van der Waals surface area (Å²) in [4.78, 5) is 0. The molecular weight excluding hydrogens is 210 g/mol. The van der Waals surface area contributed by atoms with E-state index in [1.165, 1.54) is 0 Å². The van der Waals surface area contributed by atoms with Gasteiger partial charge in [0, 0.05) is 5.56 Å². The van der Waals surface area contributed by atoms with E-state index in [0.717, 1.165) is 6.26 Å². The van der Waals surface area contributed by atoms with Crippen LogP contribution in [0.4, 0.5) is 0 Å². The van der Waals surface area contributed by atoms with Gasteiger partial charge in [-0.1, -0.05) is 41.9 Å². The fraction of sp³-hybridized carbons (Fsp3) is 0.125. The van der Waals surface area contributed by atoms with Gasteiger partial charge in [-0.25, -0.2) is 8.42 Å². The second-order valence-electron chi connectivity index (χ2n) is 2.48. The van der Waals surface area contributed by atoms with Crippen molar-refractivity contribution in [1.29, 1.82) is 0 Å². The van der Waals surface area contributed by atoms with Crippen molar-refractivity contribution < 1.29 is 8.42 Å². The molecule has 0 amide bonds. The summed E-state index contributed by atoms with van der Waals surface area (Å²) in [5.41, 5.74) is 0.592. The SMILES string of the molecule is CS(=O)(=O)N=C(Cl)c1ccccc1. The highest BCUT2D eigenvalue weighted by molar-refractivity contribution is 7.89. The number of rotatable bonds is 2. The summed E-state index contributed by atoms with van der Waals surface area (Å²) in [6, 6.07) is 8.72. The quantitative estimate of drug-likeness (QED) is 0.707. The van der Waals surface area contributed by atoms with Gasteiger partial charge in [0.2, 0.25) is 0 Å². The first-order chi connectivity index (χ1) is 5.99. The third-order valence-electron chi connectivity index (χ3n) is 1.26. The van der Waals surface area contributed by atoms with E-state index in [9.17, 15) is 8.42 Å². The van der Waals surface area contributed by atoms with E-state index in [0.29, 0.717) is 5.56 Å². The number of sulfonamides is 1. The van der Waals surface area contributed by atoms with Crippen molar-refractivity contribution in [2.24, 2.45) is 4.40 Å². The van der Waals surface area contributed by atoms with Crippen molar-refractivity contribution in [3.05, 3.63) is 35.9 Å². The summed E-state index contributed by atoms with van der Waals surface area (Å²) in [6.45, 7) is 0. The maximum absolute atomic E-state index is 10.7. The lowest BCUT2D eigenvalue weighted by atomic mass is 10.2. The van der Waals surface area contributed by atoms with Gasteiger partial charge in [0.1, 0.15) is 5.17 Å². The summed E-state index contributed by atoms with van der Waals surface area (Å²) in [5, 5.41) is -0.0110. The van der Waals surface area contributed by atoms with Crippen molar-refractivity contribution >= 4 is 26.8 Å². The molecule has 0 heterocycles. The standard InChI is InChI=1S/C8H8ClNO2S/c1-13(11,12)10-8(9)7-5-3-2-4-6-7/h2-6H,1H3. The van der Waals surface area contributed by atoms with Gasteiger partial charge < -0.3 is 0 Å². The van der Waals surface area contributed by atoms with Crippen molar-refractivity contribution in [3.8, 4) is 0 Å². The van der Waals surface area contributed by atoms with Crippen LogP contribution in [0.2, 0.25) is 0 Å². The molecule has 13 heavy (non-hydrogen) atoms. The lowest BCUT2D eigenvalue weighted by Crippen LogP contribution is -1.97. The number of hydrogen-bond acceptors (Lipinski definition) is 2. The van der Waals surface area contributed by atoms with Crippen LogP contribution in [-0.2, 0) is 10.0 Å². The fourth-order valence-corrected chi connectivity index (χ4v) is 1.67. The van der Waals surface area contributed by atoms with Crippen LogP contribution in [0.3, 0.4) is 0 Å². The van der Waals surface area contributed by atoms with Crippen LogP contribution in [0.1, 0.15) is 5.56 Å². The van der Waals surface area contributed by atoms with Gasteiger partial charge in [0.25, 0.3) is 10.0 Å². The average molecular weight is 218 g/mol. The largest absolute Gasteiger partial charge is 0.251 e. The smallest absolute Gasteiger partial charge is 0.205 e. The molecule has 1 rings (SSSR count). The van der Waals surface area contributed by atoms with Crippen molar-refractivity contribution in [2.45, 2.75) is 0 Å². The molecule has 0 N–H and O–H groups in total. The molecule has 0 saturated heterocycles. The molecule has 0 aliphatic carbocycles.